The van der Waals surface area contributed by atoms with E-state index in [-0.39, 0.29) is 6.61 Å². The molecule has 0 aliphatic heterocycles. The standard InChI is InChI=1S/C14H14ClNO2/c1-10-5-6-11(8-16-10)14(17)9-18-13-4-2-3-12(15)7-13/h2-8,14,17H,9H2,1H3. The minimum absolute atomic E-state index is 0.172. The largest absolute Gasteiger partial charge is 0.490 e. The Labute approximate surface area is 111 Å². The van der Waals surface area contributed by atoms with Crippen molar-refractivity contribution < 1.29 is 9.84 Å². The summed E-state index contributed by atoms with van der Waals surface area (Å²) < 4.78 is 5.47. The summed E-state index contributed by atoms with van der Waals surface area (Å²) >= 11 is 5.84. The Morgan fingerprint density at radius 1 is 1.33 bits per heavy atom. The second-order valence-corrected chi connectivity index (χ2v) is 4.45. The molecule has 0 saturated carbocycles. The summed E-state index contributed by atoms with van der Waals surface area (Å²) in [5.74, 6) is 0.640. The van der Waals surface area contributed by atoms with Crippen molar-refractivity contribution in [1.82, 2.24) is 4.98 Å². The smallest absolute Gasteiger partial charge is 0.120 e. The van der Waals surface area contributed by atoms with Crippen molar-refractivity contribution in [2.24, 2.45) is 0 Å². The molecule has 0 radical (unpaired) electrons. The minimum atomic E-state index is -0.697. The number of nitrogens with zero attached hydrogens (tertiary/aromatic N) is 1. The minimum Gasteiger partial charge on any atom is -0.490 e. The van der Waals surface area contributed by atoms with Gasteiger partial charge in [-0.25, -0.2) is 0 Å². The molecule has 1 N–H and O–H groups in total. The zero-order chi connectivity index (χ0) is 13.0. The maximum Gasteiger partial charge on any atom is 0.120 e. The van der Waals surface area contributed by atoms with Gasteiger partial charge < -0.3 is 9.84 Å². The highest BCUT2D eigenvalue weighted by Crippen LogP contribution is 2.19. The van der Waals surface area contributed by atoms with Crippen LogP contribution < -0.4 is 4.74 Å². The Hall–Kier alpha value is -1.58. The molecule has 1 aromatic carbocycles. The first-order valence-electron chi connectivity index (χ1n) is 5.64. The lowest BCUT2D eigenvalue weighted by atomic mass is 10.1. The molecule has 2 rings (SSSR count). The molecule has 1 heterocycles. The Balaban J connectivity index is 1.96. The Morgan fingerprint density at radius 2 is 2.17 bits per heavy atom. The molecule has 1 atom stereocenters. The summed E-state index contributed by atoms with van der Waals surface area (Å²) in [4.78, 5) is 4.13. The van der Waals surface area contributed by atoms with Crippen molar-refractivity contribution >= 4 is 11.6 Å². The van der Waals surface area contributed by atoms with Crippen LogP contribution in [0.5, 0.6) is 5.75 Å². The van der Waals surface area contributed by atoms with E-state index < -0.39 is 6.10 Å². The van der Waals surface area contributed by atoms with Crippen molar-refractivity contribution in [3.05, 3.63) is 58.9 Å². The van der Waals surface area contributed by atoms with Crippen LogP contribution in [0.2, 0.25) is 5.02 Å². The number of rotatable bonds is 4. The van der Waals surface area contributed by atoms with E-state index in [4.69, 9.17) is 16.3 Å². The molecule has 0 aliphatic rings. The normalized spacial score (nSPS) is 12.2. The molecule has 0 fully saturated rings. The number of hydrogen-bond acceptors (Lipinski definition) is 3. The van der Waals surface area contributed by atoms with Crippen LogP contribution in [0.3, 0.4) is 0 Å². The van der Waals surface area contributed by atoms with Crippen LogP contribution in [0, 0.1) is 6.92 Å². The molecule has 0 saturated heterocycles. The van der Waals surface area contributed by atoms with Gasteiger partial charge in [0, 0.05) is 22.5 Å². The molecular weight excluding hydrogens is 250 g/mol. The number of halogens is 1. The summed E-state index contributed by atoms with van der Waals surface area (Å²) in [6, 6.07) is 10.8. The molecule has 0 aliphatic carbocycles. The summed E-state index contributed by atoms with van der Waals surface area (Å²) in [5, 5.41) is 10.6. The second kappa shape index (κ2) is 5.85. The lowest BCUT2D eigenvalue weighted by molar-refractivity contribution is 0.108. The van der Waals surface area contributed by atoms with Gasteiger partial charge in [-0.3, -0.25) is 4.98 Å². The molecule has 0 bridgehead atoms. The fourth-order valence-electron chi connectivity index (χ4n) is 1.50. The lowest BCUT2D eigenvalue weighted by Gasteiger charge is -2.12. The van der Waals surface area contributed by atoms with Gasteiger partial charge in [-0.15, -0.1) is 0 Å². The predicted molar refractivity (Wildman–Crippen MR) is 70.9 cm³/mol. The molecule has 1 unspecified atom stereocenters. The van der Waals surface area contributed by atoms with Crippen molar-refractivity contribution in [3.63, 3.8) is 0 Å². The maximum absolute atomic E-state index is 9.94. The highest BCUT2D eigenvalue weighted by atomic mass is 35.5. The number of aromatic nitrogens is 1. The van der Waals surface area contributed by atoms with E-state index >= 15 is 0 Å². The third-order valence-corrected chi connectivity index (χ3v) is 2.76. The zero-order valence-corrected chi connectivity index (χ0v) is 10.8. The van der Waals surface area contributed by atoms with Gasteiger partial charge in [0.2, 0.25) is 0 Å². The molecule has 3 nitrogen and oxygen atoms in total. The van der Waals surface area contributed by atoms with E-state index in [0.717, 1.165) is 11.3 Å². The second-order valence-electron chi connectivity index (χ2n) is 4.02. The molecule has 94 valence electrons. The molecule has 18 heavy (non-hydrogen) atoms. The van der Waals surface area contributed by atoms with Crippen LogP contribution in [0.15, 0.2) is 42.6 Å². The monoisotopic (exact) mass is 263 g/mol. The van der Waals surface area contributed by atoms with Crippen LogP contribution in [0.25, 0.3) is 0 Å². The van der Waals surface area contributed by atoms with E-state index in [1.54, 1.807) is 30.5 Å². The molecule has 0 spiro atoms. The Morgan fingerprint density at radius 3 is 2.83 bits per heavy atom. The highest BCUT2D eigenvalue weighted by Gasteiger charge is 2.08. The SMILES string of the molecule is Cc1ccc(C(O)COc2cccc(Cl)c2)cn1. The fraction of sp³-hybridized carbons (Fsp3) is 0.214. The van der Waals surface area contributed by atoms with Gasteiger partial charge >= 0.3 is 0 Å². The number of aliphatic hydroxyl groups is 1. The third kappa shape index (κ3) is 3.45. The van der Waals surface area contributed by atoms with Gasteiger partial charge in [0.25, 0.3) is 0 Å². The number of aliphatic hydroxyl groups excluding tert-OH is 1. The number of benzene rings is 1. The van der Waals surface area contributed by atoms with Gasteiger partial charge in [-0.2, -0.15) is 0 Å². The van der Waals surface area contributed by atoms with E-state index in [9.17, 15) is 5.11 Å². The fourth-order valence-corrected chi connectivity index (χ4v) is 1.68. The zero-order valence-electron chi connectivity index (χ0n) is 10.0. The number of aryl methyl sites for hydroxylation is 1. The van der Waals surface area contributed by atoms with E-state index in [1.807, 2.05) is 19.1 Å². The maximum atomic E-state index is 9.94. The first-order chi connectivity index (χ1) is 8.65. The predicted octanol–water partition coefficient (Wildman–Crippen LogP) is 3.16. The van der Waals surface area contributed by atoms with Crippen molar-refractivity contribution in [3.8, 4) is 5.75 Å². The number of ether oxygens (including phenoxy) is 1. The highest BCUT2D eigenvalue weighted by molar-refractivity contribution is 6.30. The van der Waals surface area contributed by atoms with Gasteiger partial charge in [-0.05, 0) is 31.2 Å². The molecular formula is C14H14ClNO2. The van der Waals surface area contributed by atoms with Gasteiger partial charge in [-0.1, -0.05) is 23.7 Å². The Bertz CT molecular complexity index is 513. The Kier molecular flexibility index (Phi) is 4.18. The van der Waals surface area contributed by atoms with Crippen molar-refractivity contribution in [1.29, 1.82) is 0 Å². The molecule has 4 heteroatoms. The average molecular weight is 264 g/mol. The van der Waals surface area contributed by atoms with Gasteiger partial charge in [0.05, 0.1) is 0 Å². The van der Waals surface area contributed by atoms with Crippen LogP contribution in [0.4, 0.5) is 0 Å². The summed E-state index contributed by atoms with van der Waals surface area (Å²) in [7, 11) is 0. The summed E-state index contributed by atoms with van der Waals surface area (Å²) in [6.07, 6.45) is 0.957. The molecule has 2 aromatic rings. The molecule has 0 amide bonds. The van der Waals surface area contributed by atoms with Crippen LogP contribution in [-0.4, -0.2) is 16.7 Å². The van der Waals surface area contributed by atoms with E-state index in [2.05, 4.69) is 4.98 Å². The molecule has 1 aromatic heterocycles. The van der Waals surface area contributed by atoms with E-state index in [0.29, 0.717) is 10.8 Å². The average Bonchev–Trinajstić information content (AvgIpc) is 2.37. The quantitative estimate of drug-likeness (QED) is 0.921. The first-order valence-corrected chi connectivity index (χ1v) is 6.02. The van der Waals surface area contributed by atoms with Crippen molar-refractivity contribution in [2.45, 2.75) is 13.0 Å². The van der Waals surface area contributed by atoms with Crippen LogP contribution in [0.1, 0.15) is 17.4 Å². The summed E-state index contributed by atoms with van der Waals surface area (Å²) in [6.45, 7) is 2.07. The number of hydrogen-bond donors (Lipinski definition) is 1. The van der Waals surface area contributed by atoms with Gasteiger partial charge in [0.1, 0.15) is 18.5 Å². The topological polar surface area (TPSA) is 42.4 Å². The van der Waals surface area contributed by atoms with Gasteiger partial charge in [0.15, 0.2) is 0 Å². The number of pyridine rings is 1. The van der Waals surface area contributed by atoms with Crippen LogP contribution in [-0.2, 0) is 0 Å². The lowest BCUT2D eigenvalue weighted by Crippen LogP contribution is -2.10. The first kappa shape index (κ1) is 12.9. The third-order valence-electron chi connectivity index (χ3n) is 2.52. The van der Waals surface area contributed by atoms with Crippen LogP contribution >= 0.6 is 11.6 Å². The van der Waals surface area contributed by atoms with Crippen molar-refractivity contribution in [2.75, 3.05) is 6.61 Å². The van der Waals surface area contributed by atoms with E-state index in [1.165, 1.54) is 0 Å². The summed E-state index contributed by atoms with van der Waals surface area (Å²) in [5.41, 5.74) is 1.66.